The first-order valence-electron chi connectivity index (χ1n) is 7.29. The number of anilines is 1. The average molecular weight is 294 g/mol. The van der Waals surface area contributed by atoms with Gasteiger partial charge in [0.05, 0.1) is 11.2 Å². The Morgan fingerprint density at radius 1 is 1.15 bits per heavy atom. The summed E-state index contributed by atoms with van der Waals surface area (Å²) in [5, 5.41) is 5.59. The lowest BCUT2D eigenvalue weighted by Crippen LogP contribution is -2.43. The van der Waals surface area contributed by atoms with Gasteiger partial charge in [0.2, 0.25) is 0 Å². The van der Waals surface area contributed by atoms with Gasteiger partial charge in [-0.1, -0.05) is 0 Å². The molecule has 3 heterocycles. The zero-order valence-electron chi connectivity index (χ0n) is 12.7. The van der Waals surface area contributed by atoms with Gasteiger partial charge in [0, 0.05) is 42.0 Å². The Balaban J connectivity index is 1.74. The minimum atomic E-state index is -0.267. The molecule has 0 amide bonds. The smallest absolute Gasteiger partial charge is 0.399 e. The molecule has 2 aliphatic heterocycles. The van der Waals surface area contributed by atoms with Crippen molar-refractivity contribution in [1.29, 1.82) is 0 Å². The molecule has 2 aliphatic rings. The minimum Gasteiger partial charge on any atom is -0.399 e. The molecule has 0 unspecified atom stereocenters. The summed E-state index contributed by atoms with van der Waals surface area (Å²) in [6.45, 7) is 12.6. The average Bonchev–Trinajstić information content (AvgIpc) is 2.94. The van der Waals surface area contributed by atoms with Gasteiger partial charge < -0.3 is 19.5 Å². The summed E-state index contributed by atoms with van der Waals surface area (Å²) in [6.07, 6.45) is 0. The summed E-state index contributed by atoms with van der Waals surface area (Å²) in [7, 11) is -0.235. The van der Waals surface area contributed by atoms with Gasteiger partial charge in [0.15, 0.2) is 0 Å². The molecule has 0 spiro atoms. The molecule has 0 radical (unpaired) electrons. The first-order chi connectivity index (χ1) is 9.39. The third kappa shape index (κ3) is 2.50. The van der Waals surface area contributed by atoms with E-state index >= 15 is 0 Å². The van der Waals surface area contributed by atoms with Gasteiger partial charge in [-0.25, -0.2) is 0 Å². The number of rotatable bonds is 2. The highest BCUT2D eigenvalue weighted by molar-refractivity contribution is 7.21. The van der Waals surface area contributed by atoms with Crippen LogP contribution in [-0.2, 0) is 9.31 Å². The van der Waals surface area contributed by atoms with Crippen molar-refractivity contribution >= 4 is 28.9 Å². The molecular weight excluding hydrogens is 271 g/mol. The van der Waals surface area contributed by atoms with Gasteiger partial charge in [-0.05, 0) is 33.8 Å². The fourth-order valence-corrected chi connectivity index (χ4v) is 3.38. The molecule has 1 N–H and O–H groups in total. The molecule has 0 bridgehead atoms. The predicted octanol–water partition coefficient (Wildman–Crippen LogP) is 1.46. The SMILES string of the molecule is CC1(C)OB(c2cc(N3CCNCC3)cs2)OC1(C)C. The largest absolute Gasteiger partial charge is 0.505 e. The fourth-order valence-electron chi connectivity index (χ4n) is 2.51. The number of thiophene rings is 1. The van der Waals surface area contributed by atoms with E-state index in [9.17, 15) is 0 Å². The quantitative estimate of drug-likeness (QED) is 0.837. The number of hydrogen-bond donors (Lipinski definition) is 1. The molecule has 0 aliphatic carbocycles. The summed E-state index contributed by atoms with van der Waals surface area (Å²) < 4.78 is 13.4. The highest BCUT2D eigenvalue weighted by Gasteiger charge is 2.52. The molecule has 110 valence electrons. The van der Waals surface area contributed by atoms with Crippen LogP contribution in [-0.4, -0.2) is 44.5 Å². The van der Waals surface area contributed by atoms with Gasteiger partial charge >= 0.3 is 7.12 Å². The Morgan fingerprint density at radius 2 is 1.75 bits per heavy atom. The van der Waals surface area contributed by atoms with Crippen molar-refractivity contribution in [1.82, 2.24) is 5.32 Å². The predicted molar refractivity (Wildman–Crippen MR) is 85.1 cm³/mol. The molecule has 2 fully saturated rings. The normalized spacial score (nSPS) is 25.2. The fraction of sp³-hybridized carbons (Fsp3) is 0.714. The van der Waals surface area contributed by atoms with Crippen molar-refractivity contribution in [2.75, 3.05) is 31.1 Å². The van der Waals surface area contributed by atoms with E-state index in [4.69, 9.17) is 9.31 Å². The maximum atomic E-state index is 6.11. The van der Waals surface area contributed by atoms with Crippen molar-refractivity contribution in [3.63, 3.8) is 0 Å². The Bertz CT molecular complexity index is 467. The van der Waals surface area contributed by atoms with Crippen molar-refractivity contribution in [3.05, 3.63) is 11.4 Å². The van der Waals surface area contributed by atoms with Gasteiger partial charge in [0.25, 0.3) is 0 Å². The topological polar surface area (TPSA) is 33.7 Å². The van der Waals surface area contributed by atoms with Gasteiger partial charge in [-0.15, -0.1) is 0 Å². The van der Waals surface area contributed by atoms with Crippen LogP contribution in [0.1, 0.15) is 27.7 Å². The van der Waals surface area contributed by atoms with E-state index in [0.717, 1.165) is 31.0 Å². The monoisotopic (exact) mass is 294 g/mol. The second kappa shape index (κ2) is 5.02. The van der Waals surface area contributed by atoms with E-state index in [1.807, 2.05) is 0 Å². The van der Waals surface area contributed by atoms with Crippen LogP contribution in [0.25, 0.3) is 0 Å². The van der Waals surface area contributed by atoms with Crippen LogP contribution in [0.3, 0.4) is 0 Å². The standard InChI is InChI=1S/C14H23BN2O2S/c1-13(2)14(3,4)19-15(18-13)12-9-11(10-20-12)17-7-5-16-6-8-17/h9-10,16H,5-8H2,1-4H3. The Hall–Kier alpha value is -0.555. The van der Waals surface area contributed by atoms with Crippen LogP contribution in [0.2, 0.25) is 0 Å². The summed E-state index contributed by atoms with van der Waals surface area (Å²) in [4.78, 5) is 2.42. The Labute approximate surface area is 125 Å². The molecule has 0 saturated carbocycles. The number of nitrogens with one attached hydrogen (secondary N) is 1. The molecule has 1 aromatic heterocycles. The second-order valence-electron chi connectivity index (χ2n) is 6.53. The lowest BCUT2D eigenvalue weighted by molar-refractivity contribution is 0.00578. The molecular formula is C14H23BN2O2S. The summed E-state index contributed by atoms with van der Waals surface area (Å²) in [6, 6.07) is 2.22. The number of nitrogens with zero attached hydrogens (tertiary/aromatic N) is 1. The minimum absolute atomic E-state index is 0.235. The van der Waals surface area contributed by atoms with Crippen molar-refractivity contribution in [3.8, 4) is 0 Å². The molecule has 0 aromatic carbocycles. The third-order valence-corrected chi connectivity index (χ3v) is 5.52. The van der Waals surface area contributed by atoms with Crippen LogP contribution in [0.5, 0.6) is 0 Å². The van der Waals surface area contributed by atoms with Gasteiger partial charge in [-0.3, -0.25) is 0 Å². The highest BCUT2D eigenvalue weighted by Crippen LogP contribution is 2.37. The molecule has 1 aromatic rings. The van der Waals surface area contributed by atoms with Crippen molar-refractivity contribution in [2.45, 2.75) is 38.9 Å². The zero-order chi connectivity index (χ0) is 14.4. The first-order valence-corrected chi connectivity index (χ1v) is 8.17. The third-order valence-electron chi connectivity index (χ3n) is 4.57. The van der Waals surface area contributed by atoms with Crippen molar-refractivity contribution in [2.24, 2.45) is 0 Å². The lowest BCUT2D eigenvalue weighted by atomic mass is 9.88. The van der Waals surface area contributed by atoms with E-state index in [0.29, 0.717) is 0 Å². The summed E-state index contributed by atoms with van der Waals surface area (Å²) in [5.41, 5.74) is 0.759. The van der Waals surface area contributed by atoms with Crippen LogP contribution in [0.4, 0.5) is 5.69 Å². The lowest BCUT2D eigenvalue weighted by Gasteiger charge is -2.32. The summed E-state index contributed by atoms with van der Waals surface area (Å²) in [5.74, 6) is 0. The number of hydrogen-bond acceptors (Lipinski definition) is 5. The van der Waals surface area contributed by atoms with E-state index in [1.54, 1.807) is 11.3 Å². The molecule has 4 nitrogen and oxygen atoms in total. The molecule has 0 atom stereocenters. The van der Waals surface area contributed by atoms with Crippen molar-refractivity contribution < 1.29 is 9.31 Å². The zero-order valence-corrected chi connectivity index (χ0v) is 13.5. The van der Waals surface area contributed by atoms with Gasteiger partial charge in [0.1, 0.15) is 0 Å². The van der Waals surface area contributed by atoms with E-state index in [2.05, 4.69) is 49.4 Å². The molecule has 20 heavy (non-hydrogen) atoms. The second-order valence-corrected chi connectivity index (χ2v) is 7.48. The Kier molecular flexibility index (Phi) is 3.61. The molecule has 3 rings (SSSR count). The van der Waals surface area contributed by atoms with Crippen LogP contribution in [0.15, 0.2) is 11.4 Å². The molecule has 6 heteroatoms. The molecule has 2 saturated heterocycles. The van der Waals surface area contributed by atoms with E-state index < -0.39 is 0 Å². The van der Waals surface area contributed by atoms with E-state index in [-0.39, 0.29) is 18.3 Å². The number of piperazine rings is 1. The van der Waals surface area contributed by atoms with Crippen LogP contribution < -0.4 is 15.0 Å². The first kappa shape index (κ1) is 14.4. The summed E-state index contributed by atoms with van der Waals surface area (Å²) >= 11 is 1.73. The van der Waals surface area contributed by atoms with Gasteiger partial charge in [-0.2, -0.15) is 11.3 Å². The maximum Gasteiger partial charge on any atom is 0.505 e. The van der Waals surface area contributed by atoms with E-state index in [1.165, 1.54) is 5.69 Å². The maximum absolute atomic E-state index is 6.11. The highest BCUT2D eigenvalue weighted by atomic mass is 32.1. The van der Waals surface area contributed by atoms with Crippen LogP contribution in [0, 0.1) is 0 Å². The Morgan fingerprint density at radius 3 is 2.35 bits per heavy atom. The van der Waals surface area contributed by atoms with Crippen LogP contribution >= 0.6 is 11.3 Å².